The van der Waals surface area contributed by atoms with Crippen molar-refractivity contribution >= 4 is 29.4 Å². The summed E-state index contributed by atoms with van der Waals surface area (Å²) in [6.45, 7) is 0. The molecule has 3 aromatic rings. The summed E-state index contributed by atoms with van der Waals surface area (Å²) in [6.07, 6.45) is 5.05. The molecule has 0 aliphatic heterocycles. The molecule has 0 radical (unpaired) electrons. The topological polar surface area (TPSA) is 62.5 Å². The van der Waals surface area contributed by atoms with E-state index in [-0.39, 0.29) is 0 Å². The van der Waals surface area contributed by atoms with E-state index in [1.54, 1.807) is 30.6 Å². The van der Waals surface area contributed by atoms with Crippen LogP contribution in [-0.2, 0) is 6.42 Å². The summed E-state index contributed by atoms with van der Waals surface area (Å²) >= 11 is 12.4. The van der Waals surface area contributed by atoms with Crippen LogP contribution in [0.25, 0.3) is 22.5 Å². The molecule has 0 bridgehead atoms. The van der Waals surface area contributed by atoms with Crippen LogP contribution in [-0.4, -0.2) is 21.2 Å². The Morgan fingerprint density at radius 2 is 1.87 bits per heavy atom. The zero-order valence-corrected chi connectivity index (χ0v) is 13.5. The fraction of sp³-hybridized carbons (Fsp3) is 0.0588. The first kappa shape index (κ1) is 15.6. The van der Waals surface area contributed by atoms with Crippen molar-refractivity contribution in [3.05, 3.63) is 64.7 Å². The summed E-state index contributed by atoms with van der Waals surface area (Å²) in [5.74, 6) is 0.587. The van der Waals surface area contributed by atoms with E-state index in [4.69, 9.17) is 28.6 Å². The van der Waals surface area contributed by atoms with Gasteiger partial charge in [-0.15, -0.1) is 0 Å². The van der Waals surface area contributed by atoms with Crippen LogP contribution in [0.2, 0.25) is 10.0 Å². The molecule has 0 spiro atoms. The van der Waals surface area contributed by atoms with Gasteiger partial charge in [-0.2, -0.15) is 0 Å². The molecular weight excluding hydrogens is 331 g/mol. The third kappa shape index (κ3) is 3.38. The second kappa shape index (κ2) is 6.86. The van der Waals surface area contributed by atoms with Gasteiger partial charge in [0.2, 0.25) is 0 Å². The Hall–Kier alpha value is -2.30. The summed E-state index contributed by atoms with van der Waals surface area (Å²) in [5.41, 5.74) is 3.03. The smallest absolute Gasteiger partial charge is 0.134 e. The van der Waals surface area contributed by atoms with E-state index in [1.165, 1.54) is 6.21 Å². The molecule has 0 fully saturated rings. The van der Waals surface area contributed by atoms with E-state index in [1.807, 2.05) is 18.2 Å². The van der Waals surface area contributed by atoms with Gasteiger partial charge in [-0.3, -0.25) is 4.98 Å². The predicted molar refractivity (Wildman–Crippen MR) is 93.2 cm³/mol. The number of nitrogens with zero attached hydrogens (tertiary/aromatic N) is 3. The number of rotatable bonds is 4. The summed E-state index contributed by atoms with van der Waals surface area (Å²) in [7, 11) is 0. The molecule has 0 aliphatic rings. The molecule has 0 unspecified atom stereocenters. The van der Waals surface area contributed by atoms with Crippen LogP contribution in [0.15, 0.2) is 48.8 Å². The normalized spacial score (nSPS) is 10.5. The molecule has 1 aromatic carbocycles. The minimum absolute atomic E-state index is 0.390. The van der Waals surface area contributed by atoms with Crippen molar-refractivity contribution in [1.82, 2.24) is 15.0 Å². The lowest BCUT2D eigenvalue weighted by atomic mass is 10.0. The van der Waals surface area contributed by atoms with E-state index >= 15 is 0 Å². The number of pyridine rings is 1. The summed E-state index contributed by atoms with van der Waals surface area (Å²) in [4.78, 5) is 13.1. The van der Waals surface area contributed by atoms with Gasteiger partial charge >= 0.3 is 0 Å². The van der Waals surface area contributed by atoms with Gasteiger partial charge in [0.05, 0.1) is 16.4 Å². The van der Waals surface area contributed by atoms with Crippen LogP contribution in [0.4, 0.5) is 0 Å². The SMILES string of the molecule is N=CCc1nccc(-c2cccnc2-c2cc(Cl)ccc2Cl)n1. The fourth-order valence-electron chi connectivity index (χ4n) is 2.24. The first-order valence-corrected chi connectivity index (χ1v) is 7.66. The molecule has 0 saturated carbocycles. The number of benzene rings is 1. The van der Waals surface area contributed by atoms with Gasteiger partial charge in [0.1, 0.15) is 5.82 Å². The molecule has 0 atom stereocenters. The number of nitrogens with one attached hydrogen (secondary N) is 1. The maximum absolute atomic E-state index is 7.19. The molecule has 114 valence electrons. The van der Waals surface area contributed by atoms with Gasteiger partial charge in [-0.1, -0.05) is 23.2 Å². The standard InChI is InChI=1S/C17H12Cl2N4/c18-11-3-4-14(19)13(10-11)17-12(2-1-8-22-17)15-6-9-21-16(23-15)5-7-20/h1-4,6-10,20H,5H2. The lowest BCUT2D eigenvalue weighted by Crippen LogP contribution is -1.98. The highest BCUT2D eigenvalue weighted by molar-refractivity contribution is 6.35. The van der Waals surface area contributed by atoms with E-state index in [0.717, 1.165) is 16.8 Å². The second-order valence-corrected chi connectivity index (χ2v) is 5.63. The average molecular weight is 343 g/mol. The first-order chi connectivity index (χ1) is 11.2. The van der Waals surface area contributed by atoms with Crippen molar-refractivity contribution in [3.8, 4) is 22.5 Å². The number of hydrogen-bond acceptors (Lipinski definition) is 4. The summed E-state index contributed by atoms with van der Waals surface area (Å²) in [6, 6.07) is 10.9. The number of aromatic nitrogens is 3. The molecule has 23 heavy (non-hydrogen) atoms. The molecular formula is C17H12Cl2N4. The highest BCUT2D eigenvalue weighted by Gasteiger charge is 2.13. The van der Waals surface area contributed by atoms with Crippen LogP contribution >= 0.6 is 23.2 Å². The Balaban J connectivity index is 2.17. The first-order valence-electron chi connectivity index (χ1n) is 6.90. The number of hydrogen-bond donors (Lipinski definition) is 1. The number of halogens is 2. The lowest BCUT2D eigenvalue weighted by Gasteiger charge is -2.10. The van der Waals surface area contributed by atoms with Crippen molar-refractivity contribution in [3.63, 3.8) is 0 Å². The van der Waals surface area contributed by atoms with Gasteiger partial charge in [0, 0.05) is 41.2 Å². The molecule has 6 heteroatoms. The van der Waals surface area contributed by atoms with Gasteiger partial charge in [-0.05, 0) is 36.4 Å². The van der Waals surface area contributed by atoms with Crippen LogP contribution in [0, 0.1) is 5.41 Å². The molecule has 0 aliphatic carbocycles. The molecule has 3 rings (SSSR count). The average Bonchev–Trinajstić information content (AvgIpc) is 2.58. The van der Waals surface area contributed by atoms with Gasteiger partial charge in [-0.25, -0.2) is 9.97 Å². The maximum Gasteiger partial charge on any atom is 0.134 e. The maximum atomic E-state index is 7.19. The van der Waals surface area contributed by atoms with E-state index in [0.29, 0.717) is 28.0 Å². The Labute approximate surface area is 143 Å². The van der Waals surface area contributed by atoms with Crippen LogP contribution in [0.3, 0.4) is 0 Å². The quantitative estimate of drug-likeness (QED) is 0.698. The van der Waals surface area contributed by atoms with Crippen molar-refractivity contribution in [2.75, 3.05) is 0 Å². The van der Waals surface area contributed by atoms with Crippen molar-refractivity contribution in [2.45, 2.75) is 6.42 Å². The van der Waals surface area contributed by atoms with E-state index < -0.39 is 0 Å². The monoisotopic (exact) mass is 342 g/mol. The highest BCUT2D eigenvalue weighted by atomic mass is 35.5. The minimum Gasteiger partial charge on any atom is -0.313 e. The minimum atomic E-state index is 0.390. The third-order valence-corrected chi connectivity index (χ3v) is 3.82. The Morgan fingerprint density at radius 1 is 1.00 bits per heavy atom. The zero-order chi connectivity index (χ0) is 16.2. The molecule has 4 nitrogen and oxygen atoms in total. The Morgan fingerprint density at radius 3 is 2.70 bits per heavy atom. The van der Waals surface area contributed by atoms with Gasteiger partial charge in [0.25, 0.3) is 0 Å². The van der Waals surface area contributed by atoms with Crippen molar-refractivity contribution < 1.29 is 0 Å². The molecule has 1 N–H and O–H groups in total. The molecule has 0 amide bonds. The Kier molecular flexibility index (Phi) is 4.65. The van der Waals surface area contributed by atoms with Crippen molar-refractivity contribution in [1.29, 1.82) is 5.41 Å². The van der Waals surface area contributed by atoms with Crippen LogP contribution < -0.4 is 0 Å². The molecule has 2 heterocycles. The second-order valence-electron chi connectivity index (χ2n) is 4.79. The van der Waals surface area contributed by atoms with Gasteiger partial charge < -0.3 is 5.41 Å². The molecule has 2 aromatic heterocycles. The Bertz CT molecular complexity index is 865. The third-order valence-electron chi connectivity index (χ3n) is 3.26. The lowest BCUT2D eigenvalue weighted by molar-refractivity contribution is 1.02. The highest BCUT2D eigenvalue weighted by Crippen LogP contribution is 2.35. The summed E-state index contributed by atoms with van der Waals surface area (Å²) in [5, 5.41) is 8.36. The van der Waals surface area contributed by atoms with E-state index in [9.17, 15) is 0 Å². The molecule has 0 saturated heterocycles. The summed E-state index contributed by atoms with van der Waals surface area (Å²) < 4.78 is 0. The van der Waals surface area contributed by atoms with Crippen LogP contribution in [0.5, 0.6) is 0 Å². The van der Waals surface area contributed by atoms with Crippen molar-refractivity contribution in [2.24, 2.45) is 0 Å². The van der Waals surface area contributed by atoms with Crippen LogP contribution in [0.1, 0.15) is 5.82 Å². The fourth-order valence-corrected chi connectivity index (χ4v) is 2.62. The van der Waals surface area contributed by atoms with E-state index in [2.05, 4.69) is 15.0 Å². The zero-order valence-electron chi connectivity index (χ0n) is 12.0. The predicted octanol–water partition coefficient (Wildman–Crippen LogP) is 4.70. The van der Waals surface area contributed by atoms with Gasteiger partial charge in [0.15, 0.2) is 0 Å². The largest absolute Gasteiger partial charge is 0.313 e.